The lowest BCUT2D eigenvalue weighted by Gasteiger charge is -2.47. The summed E-state index contributed by atoms with van der Waals surface area (Å²) in [5.41, 5.74) is 5.91. The van der Waals surface area contributed by atoms with Crippen LogP contribution in [0.5, 0.6) is 46.0 Å². The lowest BCUT2D eigenvalue weighted by molar-refractivity contribution is -0.943. The topological polar surface area (TPSA) is 179 Å². The smallest absolute Gasteiger partial charge is 0.353 e. The highest BCUT2D eigenvalue weighted by Crippen LogP contribution is 2.46. The van der Waals surface area contributed by atoms with E-state index in [-0.39, 0.29) is 68.5 Å². The fourth-order valence-corrected chi connectivity index (χ4v) is 12.9. The number of likely N-dealkylation sites (N-methyl/N-ethyl adjacent to an activating group) is 2. The van der Waals surface area contributed by atoms with Crippen molar-refractivity contribution in [3.05, 3.63) is 162 Å². The third-order valence-electron chi connectivity index (χ3n) is 16.8. The second-order valence-electron chi connectivity index (χ2n) is 22.3. The molecule has 22 heteroatoms. The minimum Gasteiger partial charge on any atom is -0.493 e. The molecule has 0 radical (unpaired) electrons. The predicted octanol–water partition coefficient (Wildman–Crippen LogP) is 12.4. The number of carbonyl (C=O) groups is 4. The van der Waals surface area contributed by atoms with Gasteiger partial charge in [0.05, 0.1) is 118 Å². The van der Waals surface area contributed by atoms with Crippen LogP contribution >= 0.6 is 46.4 Å². The lowest BCUT2D eigenvalue weighted by Crippen LogP contribution is -2.57. The zero-order valence-electron chi connectivity index (χ0n) is 51.7. The van der Waals surface area contributed by atoms with Gasteiger partial charge in [-0.1, -0.05) is 58.5 Å². The van der Waals surface area contributed by atoms with Crippen LogP contribution in [0.4, 0.5) is 0 Å². The summed E-state index contributed by atoms with van der Waals surface area (Å²) in [6.45, 7) is 0.981. The molecule has 6 aromatic carbocycles. The molecule has 2 aliphatic heterocycles. The van der Waals surface area contributed by atoms with Crippen molar-refractivity contribution in [2.24, 2.45) is 0 Å². The Balaban J connectivity index is 0.994. The normalized spacial score (nSPS) is 18.2. The number of quaternary nitrogens is 2. The summed E-state index contributed by atoms with van der Waals surface area (Å²) in [6.07, 6.45) is 0.480. The Labute approximate surface area is 539 Å². The highest BCUT2D eigenvalue weighted by atomic mass is 35.5. The molecule has 0 saturated carbocycles. The van der Waals surface area contributed by atoms with Gasteiger partial charge in [-0.15, -0.1) is 0 Å². The van der Waals surface area contributed by atoms with E-state index in [4.69, 9.17) is 103 Å². The number of fused-ring (bicyclic) bond motifs is 2. The molecular formula is C67H76Cl4N2O16+2. The molecule has 0 spiro atoms. The van der Waals surface area contributed by atoms with Gasteiger partial charge in [-0.05, 0) is 126 Å². The van der Waals surface area contributed by atoms with Crippen molar-refractivity contribution in [3.63, 3.8) is 0 Å². The molecule has 0 saturated heterocycles. The van der Waals surface area contributed by atoms with E-state index in [1.165, 1.54) is 36.4 Å². The highest BCUT2D eigenvalue weighted by molar-refractivity contribution is 6.37. The number of nitrogens with zero attached hydrogens (tertiary/aromatic N) is 2. The van der Waals surface area contributed by atoms with Crippen LogP contribution in [-0.2, 0) is 54.2 Å². The summed E-state index contributed by atoms with van der Waals surface area (Å²) in [7, 11) is 16.7. The number of hydrogen-bond acceptors (Lipinski definition) is 16. The number of unbranched alkanes of at least 4 members (excludes halogenated alkanes) is 2. The van der Waals surface area contributed by atoms with Crippen LogP contribution < -0.4 is 37.9 Å². The van der Waals surface area contributed by atoms with Crippen LogP contribution in [0.2, 0.25) is 20.1 Å². The van der Waals surface area contributed by atoms with Gasteiger partial charge in [0.15, 0.2) is 46.0 Å². The summed E-state index contributed by atoms with van der Waals surface area (Å²) in [5.74, 6) is 1.30. The second-order valence-corrected chi connectivity index (χ2v) is 24.0. The number of hydrogen-bond donors (Lipinski definition) is 0. The van der Waals surface area contributed by atoms with E-state index < -0.39 is 36.1 Å². The van der Waals surface area contributed by atoms with Crippen molar-refractivity contribution in [1.82, 2.24) is 0 Å². The van der Waals surface area contributed by atoms with Gasteiger partial charge in [-0.3, -0.25) is 0 Å². The minimum absolute atomic E-state index is 0.0115. The Morgan fingerprint density at radius 2 is 0.787 bits per heavy atom. The van der Waals surface area contributed by atoms with E-state index >= 15 is 0 Å². The van der Waals surface area contributed by atoms with Gasteiger partial charge in [0.1, 0.15) is 25.2 Å². The average molecular weight is 1310 g/mol. The first kappa shape index (κ1) is 67.6. The molecule has 0 N–H and O–H groups in total. The Morgan fingerprint density at radius 1 is 0.438 bits per heavy atom. The van der Waals surface area contributed by atoms with Crippen LogP contribution in [0.3, 0.4) is 0 Å². The summed E-state index contributed by atoms with van der Waals surface area (Å²) in [4.78, 5) is 57.1. The first-order valence-electron chi connectivity index (χ1n) is 29.0. The average Bonchev–Trinajstić information content (AvgIpc) is 1.49. The molecule has 6 atom stereocenters. The number of halogens is 4. The second kappa shape index (κ2) is 30.5. The SMILES string of the molecule is COc1ccc(CC2c3cc(OC)c(OC)cc3CC[N+]2(C)CC(OC(=O)c2ccc(Cl)cc2Cl)C(=O)OCCCCCOC(=O)C(C[N+]2(C)CCc3cc(OC)c(OC)cc3C2Cc2ccc(OC)c(OC)c2)OC(=O)c2ccc(Cl)cc2Cl)cc1OC. The summed E-state index contributed by atoms with van der Waals surface area (Å²) >= 11 is 25.5. The number of rotatable bonds is 28. The quantitative estimate of drug-likeness (QED) is 0.0196. The van der Waals surface area contributed by atoms with Crippen LogP contribution in [0.1, 0.15) is 85.4 Å². The predicted molar refractivity (Wildman–Crippen MR) is 337 cm³/mol. The maximum atomic E-state index is 14.5. The molecule has 89 heavy (non-hydrogen) atoms. The van der Waals surface area contributed by atoms with Crippen molar-refractivity contribution in [2.45, 2.75) is 69.2 Å². The van der Waals surface area contributed by atoms with E-state index in [2.05, 4.69) is 0 Å². The number of benzene rings is 6. The molecule has 8 rings (SSSR count). The van der Waals surface area contributed by atoms with Crippen molar-refractivity contribution in [1.29, 1.82) is 0 Å². The minimum atomic E-state index is -1.40. The maximum absolute atomic E-state index is 14.5. The van der Waals surface area contributed by atoms with Gasteiger partial charge in [0, 0.05) is 46.9 Å². The highest BCUT2D eigenvalue weighted by Gasteiger charge is 2.47. The third-order valence-corrected chi connectivity index (χ3v) is 17.9. The lowest BCUT2D eigenvalue weighted by atomic mass is 9.86. The molecule has 6 unspecified atom stereocenters. The van der Waals surface area contributed by atoms with Crippen LogP contribution in [-0.4, -0.2) is 155 Å². The Hall–Kier alpha value is -7.32. The first-order chi connectivity index (χ1) is 42.7. The summed E-state index contributed by atoms with van der Waals surface area (Å²) in [6, 6.07) is 27.5. The molecule has 2 heterocycles. The van der Waals surface area contributed by atoms with Crippen molar-refractivity contribution in [3.8, 4) is 46.0 Å². The Kier molecular flexibility index (Phi) is 23.1. The molecule has 2 aliphatic rings. The molecule has 18 nitrogen and oxygen atoms in total. The Bertz CT molecular complexity index is 3310. The molecule has 0 amide bonds. The zero-order valence-corrected chi connectivity index (χ0v) is 54.7. The largest absolute Gasteiger partial charge is 0.493 e. The molecule has 6 aromatic rings. The van der Waals surface area contributed by atoms with Crippen LogP contribution in [0, 0.1) is 0 Å². The van der Waals surface area contributed by atoms with Gasteiger partial charge in [0.25, 0.3) is 0 Å². The fraction of sp³-hybridized carbons (Fsp3) is 0.403. The molecule has 0 bridgehead atoms. The molecule has 476 valence electrons. The third kappa shape index (κ3) is 16.0. The first-order valence-corrected chi connectivity index (χ1v) is 30.5. The number of methoxy groups -OCH3 is 8. The van der Waals surface area contributed by atoms with Gasteiger partial charge < -0.3 is 65.8 Å². The van der Waals surface area contributed by atoms with E-state index in [1.54, 1.807) is 56.9 Å². The number of esters is 4. The summed E-state index contributed by atoms with van der Waals surface area (Å²) in [5, 5.41) is 0.734. The Morgan fingerprint density at radius 3 is 1.13 bits per heavy atom. The monoisotopic (exact) mass is 1300 g/mol. The van der Waals surface area contributed by atoms with Crippen molar-refractivity contribution in [2.75, 3.05) is 110 Å². The van der Waals surface area contributed by atoms with E-state index in [1.807, 2.05) is 74.8 Å². The zero-order chi connectivity index (χ0) is 64.2. The standard InChI is InChI=1S/C67H76Cl4N2O16/c1-72(24-22-42-32-58(82-7)60(84-9)36-48(42)52(72)28-40-14-20-54(78-3)56(30-40)80-5)38-62(88-64(74)46-18-16-44(68)34-50(46)70)66(76)86-26-12-11-13-27-87-67(77)63(89-65(75)47-19-17-45(69)35-51(47)71)39-73(2)25-23-43-33-59(83-8)61(85-10)37-49(43)53(73)29-41-15-21-55(79-4)57(31-41)81-6/h14-21,30-37,52-53,62-63H,11-13,22-29,38-39H2,1-10H3/q+2. The van der Waals surface area contributed by atoms with Crippen molar-refractivity contribution < 1.29 is 85.0 Å². The number of carbonyl (C=O) groups excluding carboxylic acids is 4. The van der Waals surface area contributed by atoms with Gasteiger partial charge in [-0.25, -0.2) is 19.2 Å². The number of ether oxygens (including phenoxy) is 12. The molecule has 0 aliphatic carbocycles. The van der Waals surface area contributed by atoms with E-state index in [9.17, 15) is 19.2 Å². The van der Waals surface area contributed by atoms with Gasteiger partial charge in [0.2, 0.25) is 12.2 Å². The molecule has 0 fully saturated rings. The van der Waals surface area contributed by atoms with Gasteiger partial charge in [-0.2, -0.15) is 0 Å². The van der Waals surface area contributed by atoms with Gasteiger partial charge >= 0.3 is 23.9 Å². The molecule has 0 aromatic heterocycles. The summed E-state index contributed by atoms with van der Waals surface area (Å²) < 4.78 is 70.1. The fourth-order valence-electron chi connectivity index (χ4n) is 11.9. The van der Waals surface area contributed by atoms with E-state index in [0.29, 0.717) is 114 Å². The maximum Gasteiger partial charge on any atom is 0.353 e. The van der Waals surface area contributed by atoms with Crippen LogP contribution in [0.25, 0.3) is 0 Å². The van der Waals surface area contributed by atoms with Crippen LogP contribution in [0.15, 0.2) is 97.1 Å². The van der Waals surface area contributed by atoms with E-state index in [0.717, 1.165) is 33.4 Å². The van der Waals surface area contributed by atoms with Crippen molar-refractivity contribution >= 4 is 70.3 Å². The molecular weight excluding hydrogens is 1230 g/mol.